The van der Waals surface area contributed by atoms with E-state index in [2.05, 4.69) is 35.2 Å². The Morgan fingerprint density at radius 3 is 2.20 bits per heavy atom. The largest absolute Gasteiger partial charge is 0.497 e. The minimum absolute atomic E-state index is 0.145. The van der Waals surface area contributed by atoms with Crippen molar-refractivity contribution in [3.8, 4) is 5.75 Å². The van der Waals surface area contributed by atoms with Crippen molar-refractivity contribution in [3.63, 3.8) is 0 Å². The van der Waals surface area contributed by atoms with Crippen LogP contribution in [0.5, 0.6) is 5.75 Å². The first kappa shape index (κ1) is 16.2. The van der Waals surface area contributed by atoms with Crippen LogP contribution in [-0.4, -0.2) is 49.0 Å². The Kier molecular flexibility index (Phi) is 4.45. The Morgan fingerprint density at radius 1 is 0.960 bits per heavy atom. The van der Waals surface area contributed by atoms with Crippen LogP contribution in [0.1, 0.15) is 15.9 Å². The molecular formula is C21H24N2O2. The average molecular weight is 336 g/mol. The van der Waals surface area contributed by atoms with Crippen molar-refractivity contribution in [1.29, 1.82) is 0 Å². The van der Waals surface area contributed by atoms with Crippen LogP contribution in [0.3, 0.4) is 0 Å². The number of fused-ring (bicyclic) bond motifs is 1. The number of benzene rings is 2. The highest BCUT2D eigenvalue weighted by Crippen LogP contribution is 2.32. The van der Waals surface area contributed by atoms with Crippen LogP contribution in [0.25, 0.3) is 0 Å². The second-order valence-corrected chi connectivity index (χ2v) is 7.14. The van der Waals surface area contributed by atoms with Crippen molar-refractivity contribution in [2.45, 2.75) is 6.54 Å². The Hall–Kier alpha value is -2.33. The molecular weight excluding hydrogens is 312 g/mol. The number of hydrogen-bond donors (Lipinski definition) is 0. The van der Waals surface area contributed by atoms with Gasteiger partial charge in [0.15, 0.2) is 0 Å². The van der Waals surface area contributed by atoms with Crippen LogP contribution in [0, 0.1) is 11.8 Å². The summed E-state index contributed by atoms with van der Waals surface area (Å²) < 4.78 is 5.17. The second-order valence-electron chi connectivity index (χ2n) is 7.14. The lowest BCUT2D eigenvalue weighted by Gasteiger charge is -2.22. The fourth-order valence-corrected chi connectivity index (χ4v) is 4.14. The topological polar surface area (TPSA) is 32.8 Å². The van der Waals surface area contributed by atoms with Crippen molar-refractivity contribution in [2.24, 2.45) is 11.8 Å². The molecule has 0 N–H and O–H groups in total. The maximum atomic E-state index is 12.7. The predicted octanol–water partition coefficient (Wildman–Crippen LogP) is 2.90. The molecule has 0 unspecified atom stereocenters. The monoisotopic (exact) mass is 336 g/mol. The molecule has 0 radical (unpaired) electrons. The number of nitrogens with zero attached hydrogens (tertiary/aromatic N) is 2. The lowest BCUT2D eigenvalue weighted by atomic mass is 10.0. The van der Waals surface area contributed by atoms with Crippen LogP contribution in [-0.2, 0) is 6.54 Å². The van der Waals surface area contributed by atoms with E-state index in [0.29, 0.717) is 11.8 Å². The summed E-state index contributed by atoms with van der Waals surface area (Å²) in [5, 5.41) is 0. The lowest BCUT2D eigenvalue weighted by Crippen LogP contribution is -2.33. The lowest BCUT2D eigenvalue weighted by molar-refractivity contribution is 0.0773. The summed E-state index contributed by atoms with van der Waals surface area (Å²) in [6.45, 7) is 4.94. The number of likely N-dealkylation sites (tertiary alicyclic amines) is 2. The molecule has 25 heavy (non-hydrogen) atoms. The van der Waals surface area contributed by atoms with Gasteiger partial charge in [0.1, 0.15) is 5.75 Å². The Balaban J connectivity index is 1.35. The number of carbonyl (C=O) groups excluding carboxylic acids is 1. The van der Waals surface area contributed by atoms with Gasteiger partial charge in [-0.3, -0.25) is 9.69 Å². The third-order valence-electron chi connectivity index (χ3n) is 5.44. The zero-order chi connectivity index (χ0) is 17.2. The van der Waals surface area contributed by atoms with E-state index in [4.69, 9.17) is 4.74 Å². The zero-order valence-electron chi connectivity index (χ0n) is 14.6. The molecule has 0 aromatic heterocycles. The first-order valence-corrected chi connectivity index (χ1v) is 8.92. The quantitative estimate of drug-likeness (QED) is 0.861. The minimum atomic E-state index is 0.145. The van der Waals surface area contributed by atoms with Crippen LogP contribution in [0.2, 0.25) is 0 Å². The molecule has 2 aliphatic heterocycles. The van der Waals surface area contributed by atoms with Crippen molar-refractivity contribution in [2.75, 3.05) is 33.3 Å². The molecule has 4 heteroatoms. The van der Waals surface area contributed by atoms with Crippen molar-refractivity contribution in [3.05, 3.63) is 65.7 Å². The van der Waals surface area contributed by atoms with E-state index in [-0.39, 0.29) is 5.91 Å². The first-order valence-electron chi connectivity index (χ1n) is 8.92. The van der Waals surface area contributed by atoms with E-state index in [1.165, 1.54) is 5.56 Å². The van der Waals surface area contributed by atoms with Gasteiger partial charge in [0, 0.05) is 38.3 Å². The molecule has 2 atom stereocenters. The fraction of sp³-hybridized carbons (Fsp3) is 0.381. The minimum Gasteiger partial charge on any atom is -0.497 e. The number of hydrogen-bond acceptors (Lipinski definition) is 3. The maximum Gasteiger partial charge on any atom is 0.253 e. The van der Waals surface area contributed by atoms with Crippen molar-refractivity contribution < 1.29 is 9.53 Å². The van der Waals surface area contributed by atoms with E-state index >= 15 is 0 Å². The number of rotatable bonds is 4. The van der Waals surface area contributed by atoms with Gasteiger partial charge in [-0.25, -0.2) is 0 Å². The predicted molar refractivity (Wildman–Crippen MR) is 97.6 cm³/mol. The molecule has 0 saturated carbocycles. The van der Waals surface area contributed by atoms with Gasteiger partial charge in [0.25, 0.3) is 5.91 Å². The standard InChI is InChI=1S/C21H24N2O2/c1-25-20-9-7-17(8-10-20)21(24)23-14-18-12-22(13-19(18)15-23)11-16-5-3-2-4-6-16/h2-10,18-19H,11-15H2,1H3/t18-,19-/m0/s1. The van der Waals surface area contributed by atoms with Gasteiger partial charge in [-0.05, 0) is 41.7 Å². The van der Waals surface area contributed by atoms with E-state index in [9.17, 15) is 4.79 Å². The summed E-state index contributed by atoms with van der Waals surface area (Å²) in [6.07, 6.45) is 0. The van der Waals surface area contributed by atoms with Crippen LogP contribution in [0.4, 0.5) is 0 Å². The van der Waals surface area contributed by atoms with Gasteiger partial charge in [-0.1, -0.05) is 30.3 Å². The third kappa shape index (κ3) is 3.40. The third-order valence-corrected chi connectivity index (χ3v) is 5.44. The number of carbonyl (C=O) groups is 1. The first-order chi connectivity index (χ1) is 12.2. The highest BCUT2D eigenvalue weighted by Gasteiger charge is 2.41. The highest BCUT2D eigenvalue weighted by atomic mass is 16.5. The SMILES string of the molecule is COc1ccc(C(=O)N2C[C@@H]3CN(Cc4ccccc4)C[C@H]3C2)cc1. The number of amides is 1. The molecule has 2 fully saturated rings. The van der Waals surface area contributed by atoms with E-state index in [1.54, 1.807) is 7.11 Å². The molecule has 0 bridgehead atoms. The normalized spacial score (nSPS) is 22.8. The van der Waals surface area contributed by atoms with Gasteiger partial charge in [-0.15, -0.1) is 0 Å². The zero-order valence-corrected chi connectivity index (χ0v) is 14.6. The Bertz CT molecular complexity index is 715. The summed E-state index contributed by atoms with van der Waals surface area (Å²) in [5.41, 5.74) is 2.12. The fourth-order valence-electron chi connectivity index (χ4n) is 4.14. The van der Waals surface area contributed by atoms with E-state index < -0.39 is 0 Å². The highest BCUT2D eigenvalue weighted by molar-refractivity contribution is 5.94. The summed E-state index contributed by atoms with van der Waals surface area (Å²) in [4.78, 5) is 17.3. The maximum absolute atomic E-state index is 12.7. The summed E-state index contributed by atoms with van der Waals surface area (Å²) in [5.74, 6) is 2.13. The molecule has 4 rings (SSSR count). The van der Waals surface area contributed by atoms with Gasteiger partial charge >= 0.3 is 0 Å². The Morgan fingerprint density at radius 2 is 1.60 bits per heavy atom. The molecule has 2 saturated heterocycles. The van der Waals surface area contributed by atoms with Gasteiger partial charge in [0.05, 0.1) is 7.11 Å². The molecule has 2 aromatic carbocycles. The van der Waals surface area contributed by atoms with Gasteiger partial charge < -0.3 is 9.64 Å². The Labute approximate surface area is 149 Å². The van der Waals surface area contributed by atoms with E-state index in [0.717, 1.165) is 44.0 Å². The molecule has 2 aliphatic rings. The summed E-state index contributed by atoms with van der Waals surface area (Å²) >= 11 is 0. The van der Waals surface area contributed by atoms with Gasteiger partial charge in [0.2, 0.25) is 0 Å². The van der Waals surface area contributed by atoms with Crippen molar-refractivity contribution in [1.82, 2.24) is 9.80 Å². The second kappa shape index (κ2) is 6.89. The summed E-state index contributed by atoms with van der Waals surface area (Å²) in [6, 6.07) is 18.1. The average Bonchev–Trinajstić information content (AvgIpc) is 3.20. The molecule has 0 spiro atoms. The van der Waals surface area contributed by atoms with Crippen LogP contribution < -0.4 is 4.74 Å². The van der Waals surface area contributed by atoms with E-state index in [1.807, 2.05) is 29.2 Å². The van der Waals surface area contributed by atoms with Gasteiger partial charge in [-0.2, -0.15) is 0 Å². The molecule has 130 valence electrons. The van der Waals surface area contributed by atoms with Crippen LogP contribution >= 0.6 is 0 Å². The molecule has 2 heterocycles. The molecule has 1 amide bonds. The molecule has 2 aromatic rings. The number of methoxy groups -OCH3 is 1. The molecule has 0 aliphatic carbocycles. The smallest absolute Gasteiger partial charge is 0.253 e. The molecule has 4 nitrogen and oxygen atoms in total. The summed E-state index contributed by atoms with van der Waals surface area (Å²) in [7, 11) is 1.64. The van der Waals surface area contributed by atoms with Crippen LogP contribution in [0.15, 0.2) is 54.6 Å². The number of ether oxygens (including phenoxy) is 1. The van der Waals surface area contributed by atoms with Crippen molar-refractivity contribution >= 4 is 5.91 Å².